The summed E-state index contributed by atoms with van der Waals surface area (Å²) in [5.74, 6) is -1.01. The van der Waals surface area contributed by atoms with E-state index >= 15 is 0 Å². The number of hydrogen-bond acceptors (Lipinski definition) is 5. The molecule has 112 valence electrons. The predicted octanol–water partition coefficient (Wildman–Crippen LogP) is 1.04. The zero-order valence-corrected chi connectivity index (χ0v) is 11.2. The monoisotopic (exact) mass is 293 g/mol. The number of nitrogens with zero attached hydrogens (tertiary/aromatic N) is 1. The number of ether oxygens (including phenoxy) is 1. The van der Waals surface area contributed by atoms with Crippen LogP contribution in [-0.2, 0) is 11.3 Å². The van der Waals surface area contributed by atoms with Gasteiger partial charge < -0.3 is 24.6 Å². The molecule has 0 atom stereocenters. The smallest absolute Gasteiger partial charge is 0.354 e. The van der Waals surface area contributed by atoms with Crippen molar-refractivity contribution in [2.45, 2.75) is 13.0 Å². The predicted molar refractivity (Wildman–Crippen MR) is 70.9 cm³/mol. The number of aromatic amines is 1. The Kier molecular flexibility index (Phi) is 5.10. The van der Waals surface area contributed by atoms with E-state index in [-0.39, 0.29) is 11.4 Å². The minimum atomic E-state index is -1.22. The molecular formula is C13H15N3O5. The highest BCUT2D eigenvalue weighted by Crippen LogP contribution is 2.03. The van der Waals surface area contributed by atoms with E-state index in [4.69, 9.17) is 14.3 Å². The molecule has 0 aromatic carbocycles. The van der Waals surface area contributed by atoms with Crippen LogP contribution in [0.15, 0.2) is 29.1 Å². The quantitative estimate of drug-likeness (QED) is 0.626. The number of hydrogen-bond donors (Lipinski definition) is 3. The molecule has 0 aliphatic heterocycles. The van der Waals surface area contributed by atoms with Gasteiger partial charge in [-0.2, -0.15) is 0 Å². The van der Waals surface area contributed by atoms with E-state index in [1.54, 1.807) is 12.3 Å². The molecule has 21 heavy (non-hydrogen) atoms. The molecule has 1 amide bonds. The summed E-state index contributed by atoms with van der Waals surface area (Å²) in [4.78, 5) is 28.7. The van der Waals surface area contributed by atoms with E-state index in [1.807, 2.05) is 6.07 Å². The van der Waals surface area contributed by atoms with Gasteiger partial charge in [-0.15, -0.1) is 0 Å². The summed E-state index contributed by atoms with van der Waals surface area (Å²) in [6, 6.07) is 3.59. The third-order valence-electron chi connectivity index (χ3n) is 2.64. The lowest BCUT2D eigenvalue weighted by Crippen LogP contribution is -2.27. The Balaban J connectivity index is 1.65. The van der Waals surface area contributed by atoms with E-state index in [1.165, 1.54) is 6.33 Å². The molecule has 2 heterocycles. The third kappa shape index (κ3) is 4.18. The highest BCUT2D eigenvalue weighted by Gasteiger charge is 2.18. The second-order valence-corrected chi connectivity index (χ2v) is 4.17. The molecule has 0 saturated carbocycles. The average Bonchev–Trinajstić information content (AvgIpc) is 3.12. The third-order valence-corrected chi connectivity index (χ3v) is 2.64. The van der Waals surface area contributed by atoms with E-state index < -0.39 is 11.9 Å². The SMILES string of the molecule is O=C(NCCCOCc1ccco1)c1nc[nH]c1C(=O)O. The van der Waals surface area contributed by atoms with Crippen molar-refractivity contribution in [3.8, 4) is 0 Å². The molecule has 0 radical (unpaired) electrons. The van der Waals surface area contributed by atoms with Crippen LogP contribution in [-0.4, -0.2) is 40.1 Å². The molecule has 0 fully saturated rings. The Hall–Kier alpha value is -2.61. The number of carbonyl (C=O) groups is 2. The number of nitrogens with one attached hydrogen (secondary N) is 2. The number of H-pyrrole nitrogens is 1. The maximum absolute atomic E-state index is 11.7. The molecule has 8 heteroatoms. The van der Waals surface area contributed by atoms with E-state index in [0.29, 0.717) is 26.2 Å². The fraction of sp³-hybridized carbons (Fsp3) is 0.308. The van der Waals surface area contributed by atoms with Gasteiger partial charge in [0.1, 0.15) is 12.4 Å². The number of imidazole rings is 1. The van der Waals surface area contributed by atoms with Gasteiger partial charge in [0.2, 0.25) is 0 Å². The fourth-order valence-electron chi connectivity index (χ4n) is 1.66. The van der Waals surface area contributed by atoms with Gasteiger partial charge in [0.25, 0.3) is 5.91 Å². The summed E-state index contributed by atoms with van der Waals surface area (Å²) >= 11 is 0. The van der Waals surface area contributed by atoms with Crippen LogP contribution >= 0.6 is 0 Å². The van der Waals surface area contributed by atoms with Crippen molar-refractivity contribution in [2.75, 3.05) is 13.2 Å². The van der Waals surface area contributed by atoms with Crippen LogP contribution in [0.2, 0.25) is 0 Å². The zero-order chi connectivity index (χ0) is 15.1. The first-order valence-corrected chi connectivity index (χ1v) is 6.33. The van der Waals surface area contributed by atoms with Crippen LogP contribution in [0.5, 0.6) is 0 Å². The fourth-order valence-corrected chi connectivity index (χ4v) is 1.66. The number of carboxylic acid groups (broad SMARTS) is 1. The van der Waals surface area contributed by atoms with Gasteiger partial charge in [-0.05, 0) is 18.6 Å². The number of carboxylic acids is 1. The lowest BCUT2D eigenvalue weighted by molar-refractivity contribution is 0.0684. The van der Waals surface area contributed by atoms with E-state index in [2.05, 4.69) is 15.3 Å². The van der Waals surface area contributed by atoms with Crippen molar-refractivity contribution in [3.63, 3.8) is 0 Å². The van der Waals surface area contributed by atoms with Gasteiger partial charge in [-0.1, -0.05) is 0 Å². The Labute approximate surface area is 120 Å². The molecule has 2 rings (SSSR count). The van der Waals surface area contributed by atoms with Crippen LogP contribution in [0.3, 0.4) is 0 Å². The lowest BCUT2D eigenvalue weighted by atomic mass is 10.3. The molecule has 0 bridgehead atoms. The minimum Gasteiger partial charge on any atom is -0.477 e. The summed E-state index contributed by atoms with van der Waals surface area (Å²) in [7, 11) is 0. The first-order chi connectivity index (χ1) is 10.2. The molecule has 0 aliphatic rings. The van der Waals surface area contributed by atoms with Crippen molar-refractivity contribution in [1.29, 1.82) is 0 Å². The van der Waals surface area contributed by atoms with Crippen molar-refractivity contribution >= 4 is 11.9 Å². The van der Waals surface area contributed by atoms with Crippen LogP contribution in [0.1, 0.15) is 33.2 Å². The van der Waals surface area contributed by atoms with E-state index in [9.17, 15) is 9.59 Å². The normalized spacial score (nSPS) is 10.5. The molecule has 0 unspecified atom stereocenters. The number of amides is 1. The Bertz CT molecular complexity index is 591. The average molecular weight is 293 g/mol. The van der Waals surface area contributed by atoms with Crippen LogP contribution < -0.4 is 5.32 Å². The van der Waals surface area contributed by atoms with Crippen LogP contribution in [0.4, 0.5) is 0 Å². The lowest BCUT2D eigenvalue weighted by Gasteiger charge is -2.04. The molecule has 0 spiro atoms. The Morgan fingerprint density at radius 2 is 2.33 bits per heavy atom. The van der Waals surface area contributed by atoms with Crippen LogP contribution in [0, 0.1) is 0 Å². The number of aromatic nitrogens is 2. The van der Waals surface area contributed by atoms with Crippen molar-refractivity contribution in [1.82, 2.24) is 15.3 Å². The van der Waals surface area contributed by atoms with Crippen molar-refractivity contribution in [3.05, 3.63) is 41.9 Å². The van der Waals surface area contributed by atoms with Gasteiger partial charge in [0, 0.05) is 13.2 Å². The second-order valence-electron chi connectivity index (χ2n) is 4.17. The number of aromatic carboxylic acids is 1. The molecule has 2 aromatic heterocycles. The van der Waals surface area contributed by atoms with Gasteiger partial charge >= 0.3 is 5.97 Å². The second kappa shape index (κ2) is 7.25. The standard InChI is InChI=1S/C13H15N3O5/c17-12(10-11(13(18)19)16-8-15-10)14-4-2-5-20-7-9-3-1-6-21-9/h1,3,6,8H,2,4-5,7H2,(H,14,17)(H,15,16)(H,18,19). The van der Waals surface area contributed by atoms with Gasteiger partial charge in [0.15, 0.2) is 11.4 Å². The zero-order valence-electron chi connectivity index (χ0n) is 11.2. The largest absolute Gasteiger partial charge is 0.477 e. The van der Waals surface area contributed by atoms with Gasteiger partial charge in [-0.3, -0.25) is 4.79 Å². The summed E-state index contributed by atoms with van der Waals surface area (Å²) in [6.45, 7) is 1.19. The highest BCUT2D eigenvalue weighted by molar-refractivity contribution is 6.02. The maximum Gasteiger partial charge on any atom is 0.354 e. The van der Waals surface area contributed by atoms with E-state index in [0.717, 1.165) is 5.76 Å². The van der Waals surface area contributed by atoms with Crippen molar-refractivity contribution < 1.29 is 23.8 Å². The molecular weight excluding hydrogens is 278 g/mol. The topological polar surface area (TPSA) is 117 Å². The summed E-state index contributed by atoms with van der Waals surface area (Å²) in [5.41, 5.74) is -0.347. The van der Waals surface area contributed by atoms with Gasteiger partial charge in [0.05, 0.1) is 12.6 Å². The molecule has 8 nitrogen and oxygen atoms in total. The molecule has 2 aromatic rings. The Morgan fingerprint density at radius 3 is 3.05 bits per heavy atom. The molecule has 0 aliphatic carbocycles. The van der Waals surface area contributed by atoms with Crippen molar-refractivity contribution in [2.24, 2.45) is 0 Å². The van der Waals surface area contributed by atoms with Gasteiger partial charge in [-0.25, -0.2) is 9.78 Å². The molecule has 0 saturated heterocycles. The van der Waals surface area contributed by atoms with Crippen LogP contribution in [0.25, 0.3) is 0 Å². The number of carbonyl (C=O) groups excluding carboxylic acids is 1. The summed E-state index contributed by atoms with van der Waals surface area (Å²) in [5, 5.41) is 11.4. The first-order valence-electron chi connectivity index (χ1n) is 6.33. The maximum atomic E-state index is 11.7. The summed E-state index contributed by atoms with van der Waals surface area (Å²) < 4.78 is 10.5. The number of furan rings is 1. The number of rotatable bonds is 8. The molecule has 3 N–H and O–H groups in total. The first kappa shape index (κ1) is 14.8. The highest BCUT2D eigenvalue weighted by atomic mass is 16.5. The Morgan fingerprint density at radius 1 is 1.48 bits per heavy atom. The summed E-state index contributed by atoms with van der Waals surface area (Å²) in [6.07, 6.45) is 3.34. The minimum absolute atomic E-state index is 0.126.